The predicted octanol–water partition coefficient (Wildman–Crippen LogP) is 2.90. The Morgan fingerprint density at radius 3 is 2.06 bits per heavy atom. The van der Waals surface area contributed by atoms with Crippen molar-refractivity contribution in [2.75, 3.05) is 6.54 Å². The summed E-state index contributed by atoms with van der Waals surface area (Å²) in [6.45, 7) is -0.523. The van der Waals surface area contributed by atoms with Crippen molar-refractivity contribution in [3.05, 3.63) is 35.6 Å². The fourth-order valence-corrected chi connectivity index (χ4v) is 1.41. The van der Waals surface area contributed by atoms with Crippen molar-refractivity contribution >= 4 is 0 Å². The molecule has 0 aromatic heterocycles. The molecule has 1 nitrogen and oxygen atoms in total. The lowest BCUT2D eigenvalue weighted by molar-refractivity contribution is -0.238. The molecule has 0 bridgehead atoms. The first kappa shape index (κ1) is 12.9. The van der Waals surface area contributed by atoms with E-state index in [9.17, 15) is 22.0 Å². The molecule has 90 valence electrons. The van der Waals surface area contributed by atoms with Crippen LogP contribution < -0.4 is 5.73 Å². The van der Waals surface area contributed by atoms with E-state index in [2.05, 4.69) is 0 Å². The molecule has 0 aliphatic carbocycles. The maximum atomic E-state index is 13.8. The van der Waals surface area contributed by atoms with Crippen LogP contribution in [0.4, 0.5) is 22.0 Å². The van der Waals surface area contributed by atoms with E-state index in [1.807, 2.05) is 0 Å². The van der Waals surface area contributed by atoms with Gasteiger partial charge < -0.3 is 5.73 Å². The Labute approximate surface area is 89.1 Å². The largest absolute Gasteiger partial charge is 0.426 e. The van der Waals surface area contributed by atoms with Crippen molar-refractivity contribution in [3.8, 4) is 0 Å². The van der Waals surface area contributed by atoms with Gasteiger partial charge in [0.15, 0.2) is 0 Å². The molecule has 1 unspecified atom stereocenters. The Morgan fingerprint density at radius 2 is 1.62 bits per heavy atom. The third kappa shape index (κ3) is 2.16. The van der Waals surface area contributed by atoms with Gasteiger partial charge in [-0.3, -0.25) is 0 Å². The van der Waals surface area contributed by atoms with E-state index in [-0.39, 0.29) is 0 Å². The van der Waals surface area contributed by atoms with Gasteiger partial charge in [0.05, 0.1) is 0 Å². The normalized spacial score (nSPS) is 15.9. The smallest absolute Gasteiger partial charge is 0.330 e. The second-order valence-electron chi connectivity index (χ2n) is 3.32. The summed E-state index contributed by atoms with van der Waals surface area (Å²) in [5.74, 6) is -1.23. The standard InChI is InChI=1S/C10H10F5N/c11-8-4-2-1-3-7(8)9(12,5-6-16)10(13,14)15/h1-4H,5-6,16H2. The molecule has 16 heavy (non-hydrogen) atoms. The summed E-state index contributed by atoms with van der Waals surface area (Å²) in [5.41, 5.74) is 0.187. The maximum Gasteiger partial charge on any atom is 0.426 e. The highest BCUT2D eigenvalue weighted by atomic mass is 19.4. The number of alkyl halides is 4. The molecule has 6 heteroatoms. The minimum absolute atomic E-state index is 0.523. The van der Waals surface area contributed by atoms with E-state index in [1.165, 1.54) is 6.07 Å². The van der Waals surface area contributed by atoms with E-state index in [0.717, 1.165) is 18.2 Å². The average Bonchev–Trinajstić information content (AvgIpc) is 2.16. The van der Waals surface area contributed by atoms with Crippen LogP contribution in [0.15, 0.2) is 24.3 Å². The number of nitrogens with two attached hydrogens (primary N) is 1. The molecular formula is C10H10F5N. The van der Waals surface area contributed by atoms with E-state index < -0.39 is 36.2 Å². The van der Waals surface area contributed by atoms with Gasteiger partial charge in [0.2, 0.25) is 5.67 Å². The maximum absolute atomic E-state index is 13.8. The molecular weight excluding hydrogens is 229 g/mol. The Bertz CT molecular complexity index is 362. The molecule has 0 saturated carbocycles. The zero-order valence-corrected chi connectivity index (χ0v) is 8.19. The molecule has 0 amide bonds. The van der Waals surface area contributed by atoms with Gasteiger partial charge in [-0.05, 0) is 12.6 Å². The lowest BCUT2D eigenvalue weighted by Crippen LogP contribution is -2.40. The zero-order chi connectivity index (χ0) is 12.4. The van der Waals surface area contributed by atoms with Crippen molar-refractivity contribution in [1.29, 1.82) is 0 Å². The quantitative estimate of drug-likeness (QED) is 0.806. The molecule has 0 heterocycles. The first-order valence-electron chi connectivity index (χ1n) is 4.53. The van der Waals surface area contributed by atoms with Gasteiger partial charge in [0.1, 0.15) is 5.82 Å². The summed E-state index contributed by atoms with van der Waals surface area (Å²) < 4.78 is 64.7. The summed E-state index contributed by atoms with van der Waals surface area (Å²) in [6.07, 6.45) is -6.19. The Hall–Kier alpha value is -1.17. The number of hydrogen-bond acceptors (Lipinski definition) is 1. The molecule has 0 spiro atoms. The fourth-order valence-electron chi connectivity index (χ4n) is 1.41. The van der Waals surface area contributed by atoms with Crippen LogP contribution in [0.25, 0.3) is 0 Å². The van der Waals surface area contributed by atoms with Crippen molar-refractivity contribution in [2.45, 2.75) is 18.3 Å². The topological polar surface area (TPSA) is 26.0 Å². The molecule has 0 aliphatic heterocycles. The SMILES string of the molecule is NCCC(F)(c1ccccc1F)C(F)(F)F. The van der Waals surface area contributed by atoms with Crippen LogP contribution in [-0.4, -0.2) is 12.7 Å². The summed E-state index contributed by atoms with van der Waals surface area (Å²) in [4.78, 5) is 0. The van der Waals surface area contributed by atoms with Gasteiger partial charge in [-0.15, -0.1) is 0 Å². The molecule has 0 radical (unpaired) electrons. The van der Waals surface area contributed by atoms with Crippen LogP contribution in [0.2, 0.25) is 0 Å². The van der Waals surface area contributed by atoms with Gasteiger partial charge >= 0.3 is 6.18 Å². The van der Waals surface area contributed by atoms with E-state index in [0.29, 0.717) is 0 Å². The van der Waals surface area contributed by atoms with Gasteiger partial charge in [0.25, 0.3) is 0 Å². The third-order valence-corrected chi connectivity index (χ3v) is 2.24. The zero-order valence-electron chi connectivity index (χ0n) is 8.19. The summed E-state index contributed by atoms with van der Waals surface area (Å²) in [5, 5.41) is 0. The number of halogens is 5. The lowest BCUT2D eigenvalue weighted by Gasteiger charge is -2.28. The van der Waals surface area contributed by atoms with Crippen LogP contribution >= 0.6 is 0 Å². The third-order valence-electron chi connectivity index (χ3n) is 2.24. The number of hydrogen-bond donors (Lipinski definition) is 1. The van der Waals surface area contributed by atoms with Gasteiger partial charge in [-0.1, -0.05) is 18.2 Å². The second kappa shape index (κ2) is 4.37. The minimum atomic E-state index is -5.19. The van der Waals surface area contributed by atoms with Crippen LogP contribution in [0, 0.1) is 5.82 Å². The van der Waals surface area contributed by atoms with Gasteiger partial charge in [0, 0.05) is 12.0 Å². The monoisotopic (exact) mass is 239 g/mol. The average molecular weight is 239 g/mol. The van der Waals surface area contributed by atoms with E-state index in [1.54, 1.807) is 0 Å². The Morgan fingerprint density at radius 1 is 1.06 bits per heavy atom. The highest BCUT2D eigenvalue weighted by Crippen LogP contribution is 2.45. The van der Waals surface area contributed by atoms with Gasteiger partial charge in [-0.25, -0.2) is 8.78 Å². The molecule has 0 saturated heterocycles. The fraction of sp³-hybridized carbons (Fsp3) is 0.400. The molecule has 1 atom stereocenters. The summed E-state index contributed by atoms with van der Waals surface area (Å²) in [7, 11) is 0. The predicted molar refractivity (Wildman–Crippen MR) is 48.9 cm³/mol. The van der Waals surface area contributed by atoms with Crippen molar-refractivity contribution in [2.24, 2.45) is 5.73 Å². The first-order valence-corrected chi connectivity index (χ1v) is 4.53. The van der Waals surface area contributed by atoms with Crippen LogP contribution in [-0.2, 0) is 5.67 Å². The molecule has 0 aliphatic rings. The molecule has 1 aromatic carbocycles. The lowest BCUT2D eigenvalue weighted by atomic mass is 9.91. The summed E-state index contributed by atoms with van der Waals surface area (Å²) >= 11 is 0. The minimum Gasteiger partial charge on any atom is -0.330 e. The highest BCUT2D eigenvalue weighted by Gasteiger charge is 2.57. The first-order chi connectivity index (χ1) is 7.33. The van der Waals surface area contributed by atoms with Crippen molar-refractivity contribution in [3.63, 3.8) is 0 Å². The van der Waals surface area contributed by atoms with Crippen LogP contribution in [0.1, 0.15) is 12.0 Å². The second-order valence-corrected chi connectivity index (χ2v) is 3.32. The molecule has 1 aromatic rings. The van der Waals surface area contributed by atoms with Crippen molar-refractivity contribution < 1.29 is 22.0 Å². The summed E-state index contributed by atoms with van der Waals surface area (Å²) in [6, 6.07) is 3.90. The van der Waals surface area contributed by atoms with E-state index in [4.69, 9.17) is 5.73 Å². The highest BCUT2D eigenvalue weighted by molar-refractivity contribution is 5.26. The number of rotatable bonds is 3. The molecule has 2 N–H and O–H groups in total. The number of benzene rings is 1. The Balaban J connectivity index is 3.28. The molecule has 0 fully saturated rings. The van der Waals surface area contributed by atoms with Crippen LogP contribution in [0.5, 0.6) is 0 Å². The van der Waals surface area contributed by atoms with E-state index >= 15 is 0 Å². The van der Waals surface area contributed by atoms with Gasteiger partial charge in [-0.2, -0.15) is 13.2 Å². The Kier molecular flexibility index (Phi) is 3.52. The molecule has 1 rings (SSSR count). The van der Waals surface area contributed by atoms with Crippen LogP contribution in [0.3, 0.4) is 0 Å². The van der Waals surface area contributed by atoms with Crippen molar-refractivity contribution in [1.82, 2.24) is 0 Å².